The van der Waals surface area contributed by atoms with Crippen molar-refractivity contribution in [1.29, 1.82) is 0 Å². The van der Waals surface area contributed by atoms with Crippen LogP contribution < -0.4 is 5.32 Å². The largest absolute Gasteiger partial charge is 0.449 e. The Morgan fingerprint density at radius 3 is 2.78 bits per heavy atom. The molecule has 0 radical (unpaired) electrons. The molecule has 138 valence electrons. The minimum absolute atomic E-state index is 0.151. The second-order valence-electron chi connectivity index (χ2n) is 5.74. The number of aromatic nitrogens is 1. The molecule has 0 bridgehead atoms. The van der Waals surface area contributed by atoms with Crippen LogP contribution in [0.4, 0.5) is 11.4 Å². The van der Waals surface area contributed by atoms with E-state index in [9.17, 15) is 19.7 Å². The Hall–Kier alpha value is -3.20. The Bertz CT molecular complexity index is 1050. The van der Waals surface area contributed by atoms with E-state index in [0.29, 0.717) is 10.9 Å². The van der Waals surface area contributed by atoms with Gasteiger partial charge in [0.05, 0.1) is 10.5 Å². The summed E-state index contributed by atoms with van der Waals surface area (Å²) in [4.78, 5) is 37.9. The van der Waals surface area contributed by atoms with E-state index >= 15 is 0 Å². The maximum atomic E-state index is 12.4. The number of ether oxygens (including phenoxy) is 1. The van der Waals surface area contributed by atoms with E-state index in [0.717, 1.165) is 9.99 Å². The molecule has 1 heterocycles. The van der Waals surface area contributed by atoms with Crippen molar-refractivity contribution >= 4 is 50.1 Å². The third-order valence-corrected chi connectivity index (χ3v) is 4.33. The van der Waals surface area contributed by atoms with Crippen molar-refractivity contribution in [3.63, 3.8) is 0 Å². The van der Waals surface area contributed by atoms with E-state index in [4.69, 9.17) is 4.74 Å². The summed E-state index contributed by atoms with van der Waals surface area (Å²) in [6, 6.07) is 10.9. The number of nitro groups is 1. The van der Waals surface area contributed by atoms with Crippen LogP contribution in [0, 0.1) is 10.1 Å². The van der Waals surface area contributed by atoms with Crippen molar-refractivity contribution in [1.82, 2.24) is 4.98 Å². The number of benzene rings is 2. The number of esters is 1. The molecule has 0 aliphatic carbocycles. The highest BCUT2D eigenvalue weighted by Gasteiger charge is 2.21. The lowest BCUT2D eigenvalue weighted by atomic mass is 10.2. The molecule has 0 saturated heterocycles. The molecule has 9 heteroatoms. The number of H-pyrrole nitrogens is 1. The first kappa shape index (κ1) is 18.6. The Kier molecular flexibility index (Phi) is 5.22. The van der Waals surface area contributed by atoms with Gasteiger partial charge in [-0.25, -0.2) is 4.79 Å². The van der Waals surface area contributed by atoms with E-state index in [1.807, 2.05) is 12.1 Å². The summed E-state index contributed by atoms with van der Waals surface area (Å²) < 4.78 is 6.04. The van der Waals surface area contributed by atoms with Crippen LogP contribution in [-0.4, -0.2) is 27.9 Å². The quantitative estimate of drug-likeness (QED) is 0.359. The van der Waals surface area contributed by atoms with Gasteiger partial charge in [0.2, 0.25) is 0 Å². The molecule has 0 fully saturated rings. The number of halogens is 1. The van der Waals surface area contributed by atoms with Gasteiger partial charge in [-0.05, 0) is 31.2 Å². The summed E-state index contributed by atoms with van der Waals surface area (Å²) in [7, 11) is 0. The molecule has 1 unspecified atom stereocenters. The van der Waals surface area contributed by atoms with Gasteiger partial charge in [-0.2, -0.15) is 0 Å². The lowest BCUT2D eigenvalue weighted by molar-refractivity contribution is -0.384. The monoisotopic (exact) mass is 431 g/mol. The molecule has 1 atom stereocenters. The fourth-order valence-corrected chi connectivity index (χ4v) is 2.84. The second-order valence-corrected chi connectivity index (χ2v) is 6.65. The number of nitro benzene ring substituents is 1. The second kappa shape index (κ2) is 7.58. The number of carbonyl (C=O) groups is 2. The van der Waals surface area contributed by atoms with Crippen LogP contribution in [0.2, 0.25) is 0 Å². The summed E-state index contributed by atoms with van der Waals surface area (Å²) in [6.45, 7) is 1.43. The first-order valence-corrected chi connectivity index (χ1v) is 8.67. The van der Waals surface area contributed by atoms with Crippen molar-refractivity contribution in [3.05, 3.63) is 68.8 Å². The maximum absolute atomic E-state index is 12.4. The maximum Gasteiger partial charge on any atom is 0.341 e. The number of non-ortho nitro benzene ring substituents is 1. The summed E-state index contributed by atoms with van der Waals surface area (Å²) in [5, 5.41) is 14.0. The Morgan fingerprint density at radius 1 is 1.26 bits per heavy atom. The van der Waals surface area contributed by atoms with Gasteiger partial charge in [-0.15, -0.1) is 0 Å². The van der Waals surface area contributed by atoms with Crippen LogP contribution in [0.5, 0.6) is 0 Å². The molecule has 1 amide bonds. The number of fused-ring (bicyclic) bond motifs is 1. The summed E-state index contributed by atoms with van der Waals surface area (Å²) in [6.07, 6.45) is 0.429. The highest BCUT2D eigenvalue weighted by Crippen LogP contribution is 2.24. The standard InChI is InChI=1S/C18H14BrN3O5/c1-10(17(23)21-12-3-2-4-13(8-12)22(25)26)27-18(24)15-9-20-16-6-5-11(19)7-14(15)16/h2-10,20H,1H3,(H,21,23). The molecule has 1 aromatic heterocycles. The molecule has 8 nitrogen and oxygen atoms in total. The van der Waals surface area contributed by atoms with E-state index in [-0.39, 0.29) is 11.4 Å². The number of rotatable bonds is 5. The van der Waals surface area contributed by atoms with Crippen molar-refractivity contribution in [3.8, 4) is 0 Å². The normalized spacial score (nSPS) is 11.8. The smallest absolute Gasteiger partial charge is 0.341 e. The number of hydrogen-bond acceptors (Lipinski definition) is 5. The predicted molar refractivity (Wildman–Crippen MR) is 103 cm³/mol. The zero-order valence-corrected chi connectivity index (χ0v) is 15.6. The van der Waals surface area contributed by atoms with Crippen molar-refractivity contribution in [2.24, 2.45) is 0 Å². The topological polar surface area (TPSA) is 114 Å². The summed E-state index contributed by atoms with van der Waals surface area (Å²) in [5.74, 6) is -1.24. The molecule has 2 aromatic carbocycles. The van der Waals surface area contributed by atoms with Crippen molar-refractivity contribution < 1.29 is 19.2 Å². The molecule has 3 rings (SSSR count). The Labute approximate surface area is 161 Å². The van der Waals surface area contributed by atoms with E-state index in [1.54, 1.807) is 6.07 Å². The van der Waals surface area contributed by atoms with Crippen LogP contribution in [0.1, 0.15) is 17.3 Å². The molecule has 0 saturated carbocycles. The first-order valence-electron chi connectivity index (χ1n) is 7.88. The van der Waals surface area contributed by atoms with E-state index in [2.05, 4.69) is 26.2 Å². The number of aromatic amines is 1. The molecular weight excluding hydrogens is 418 g/mol. The van der Waals surface area contributed by atoms with E-state index < -0.39 is 22.9 Å². The lowest BCUT2D eigenvalue weighted by Crippen LogP contribution is -2.30. The molecule has 3 aromatic rings. The lowest BCUT2D eigenvalue weighted by Gasteiger charge is -2.13. The fraction of sp³-hybridized carbons (Fsp3) is 0.111. The van der Waals surface area contributed by atoms with Crippen LogP contribution in [0.15, 0.2) is 53.1 Å². The first-order chi connectivity index (χ1) is 12.8. The molecule has 27 heavy (non-hydrogen) atoms. The van der Waals surface area contributed by atoms with Gasteiger partial charge in [0, 0.05) is 39.4 Å². The number of nitrogens with zero attached hydrogens (tertiary/aromatic N) is 1. The van der Waals surface area contributed by atoms with Gasteiger partial charge in [-0.1, -0.05) is 22.0 Å². The van der Waals surface area contributed by atoms with Crippen molar-refractivity contribution in [2.75, 3.05) is 5.32 Å². The third-order valence-electron chi connectivity index (χ3n) is 3.84. The fourth-order valence-electron chi connectivity index (χ4n) is 2.48. The number of anilines is 1. The SMILES string of the molecule is CC(OC(=O)c1c[nH]c2ccc(Br)cc12)C(=O)Nc1cccc([N+](=O)[O-])c1. The van der Waals surface area contributed by atoms with E-state index in [1.165, 1.54) is 37.4 Å². The van der Waals surface area contributed by atoms with Gasteiger partial charge < -0.3 is 15.0 Å². The number of carbonyl (C=O) groups excluding carboxylic acids is 2. The van der Waals surface area contributed by atoms with Gasteiger partial charge in [0.25, 0.3) is 11.6 Å². The molecule has 0 aliphatic heterocycles. The minimum Gasteiger partial charge on any atom is -0.449 e. The molecular formula is C18H14BrN3O5. The number of hydrogen-bond donors (Lipinski definition) is 2. The zero-order chi connectivity index (χ0) is 19.6. The molecule has 2 N–H and O–H groups in total. The highest BCUT2D eigenvalue weighted by atomic mass is 79.9. The molecule has 0 aliphatic rings. The number of amides is 1. The number of nitrogens with one attached hydrogen (secondary N) is 2. The van der Waals surface area contributed by atoms with Gasteiger partial charge in [-0.3, -0.25) is 14.9 Å². The predicted octanol–water partition coefficient (Wildman–Crippen LogP) is 4.02. The van der Waals surface area contributed by atoms with Crippen LogP contribution in [-0.2, 0) is 9.53 Å². The average Bonchev–Trinajstić information content (AvgIpc) is 3.04. The average molecular weight is 432 g/mol. The highest BCUT2D eigenvalue weighted by molar-refractivity contribution is 9.10. The zero-order valence-electron chi connectivity index (χ0n) is 14.1. The minimum atomic E-state index is -1.09. The summed E-state index contributed by atoms with van der Waals surface area (Å²) in [5.41, 5.74) is 1.16. The Morgan fingerprint density at radius 2 is 2.04 bits per heavy atom. The van der Waals surface area contributed by atoms with Crippen LogP contribution in [0.3, 0.4) is 0 Å². The van der Waals surface area contributed by atoms with Crippen LogP contribution >= 0.6 is 15.9 Å². The summed E-state index contributed by atoms with van der Waals surface area (Å²) >= 11 is 3.35. The Balaban J connectivity index is 1.70. The van der Waals surface area contributed by atoms with Gasteiger partial charge >= 0.3 is 5.97 Å². The molecule has 0 spiro atoms. The van der Waals surface area contributed by atoms with Crippen molar-refractivity contribution in [2.45, 2.75) is 13.0 Å². The van der Waals surface area contributed by atoms with Gasteiger partial charge in [0.1, 0.15) is 0 Å². The van der Waals surface area contributed by atoms with Crippen LogP contribution in [0.25, 0.3) is 10.9 Å². The van der Waals surface area contributed by atoms with Gasteiger partial charge in [0.15, 0.2) is 6.10 Å². The third kappa shape index (κ3) is 4.14.